The SMILES string of the molecule is COc1ccc2c(c1)nc(N)n2C1CCC(C)CC1C. The molecule has 4 nitrogen and oxygen atoms in total. The van der Waals surface area contributed by atoms with Gasteiger partial charge in [0.2, 0.25) is 5.95 Å². The van der Waals surface area contributed by atoms with Crippen molar-refractivity contribution >= 4 is 17.0 Å². The summed E-state index contributed by atoms with van der Waals surface area (Å²) in [6.07, 6.45) is 3.72. The maximum atomic E-state index is 6.18. The lowest BCUT2D eigenvalue weighted by Gasteiger charge is -2.34. The average molecular weight is 273 g/mol. The van der Waals surface area contributed by atoms with Crippen LogP contribution in [0.5, 0.6) is 5.75 Å². The van der Waals surface area contributed by atoms with Gasteiger partial charge in [-0.1, -0.05) is 13.8 Å². The lowest BCUT2D eigenvalue weighted by molar-refractivity contribution is 0.213. The number of nitrogens with zero attached hydrogens (tertiary/aromatic N) is 2. The zero-order chi connectivity index (χ0) is 14.3. The summed E-state index contributed by atoms with van der Waals surface area (Å²) in [5.41, 5.74) is 8.23. The fourth-order valence-corrected chi connectivity index (χ4v) is 3.61. The van der Waals surface area contributed by atoms with E-state index >= 15 is 0 Å². The highest BCUT2D eigenvalue weighted by molar-refractivity contribution is 5.80. The molecular formula is C16H23N3O. The number of ether oxygens (including phenoxy) is 1. The van der Waals surface area contributed by atoms with Crippen molar-refractivity contribution in [3.05, 3.63) is 18.2 Å². The van der Waals surface area contributed by atoms with Crippen molar-refractivity contribution in [1.29, 1.82) is 0 Å². The number of hydrogen-bond donors (Lipinski definition) is 1. The van der Waals surface area contributed by atoms with E-state index in [1.165, 1.54) is 19.3 Å². The molecule has 0 spiro atoms. The summed E-state index contributed by atoms with van der Waals surface area (Å²) in [6, 6.07) is 6.47. The number of fused-ring (bicyclic) bond motifs is 1. The third kappa shape index (κ3) is 2.13. The van der Waals surface area contributed by atoms with Crippen LogP contribution in [-0.2, 0) is 0 Å². The number of aromatic nitrogens is 2. The van der Waals surface area contributed by atoms with Crippen molar-refractivity contribution in [1.82, 2.24) is 9.55 Å². The summed E-state index contributed by atoms with van der Waals surface area (Å²) in [7, 11) is 1.67. The number of hydrogen-bond acceptors (Lipinski definition) is 3. The van der Waals surface area contributed by atoms with Crippen molar-refractivity contribution in [3.8, 4) is 5.75 Å². The quantitative estimate of drug-likeness (QED) is 0.909. The number of nitrogen functional groups attached to an aromatic ring is 1. The molecule has 4 heteroatoms. The van der Waals surface area contributed by atoms with Crippen molar-refractivity contribution in [2.24, 2.45) is 11.8 Å². The number of imidazole rings is 1. The number of benzene rings is 1. The topological polar surface area (TPSA) is 53.1 Å². The molecule has 2 N–H and O–H groups in total. The Morgan fingerprint density at radius 1 is 1.30 bits per heavy atom. The third-order valence-electron chi connectivity index (χ3n) is 4.64. The van der Waals surface area contributed by atoms with Crippen molar-refractivity contribution in [3.63, 3.8) is 0 Å². The molecule has 3 unspecified atom stereocenters. The largest absolute Gasteiger partial charge is 0.497 e. The van der Waals surface area contributed by atoms with Gasteiger partial charge < -0.3 is 15.0 Å². The van der Waals surface area contributed by atoms with Gasteiger partial charge in [-0.2, -0.15) is 0 Å². The Morgan fingerprint density at radius 2 is 2.10 bits per heavy atom. The molecule has 0 bridgehead atoms. The van der Waals surface area contributed by atoms with Crippen LogP contribution in [-0.4, -0.2) is 16.7 Å². The second kappa shape index (κ2) is 5.00. The minimum Gasteiger partial charge on any atom is -0.497 e. The molecule has 1 aromatic heterocycles. The van der Waals surface area contributed by atoms with E-state index in [0.717, 1.165) is 22.7 Å². The van der Waals surface area contributed by atoms with Gasteiger partial charge in [0.1, 0.15) is 5.75 Å². The molecule has 0 saturated heterocycles. The minimum atomic E-state index is 0.463. The molecule has 1 saturated carbocycles. The van der Waals surface area contributed by atoms with E-state index in [1.807, 2.05) is 12.1 Å². The van der Waals surface area contributed by atoms with Gasteiger partial charge in [0, 0.05) is 12.1 Å². The normalized spacial score (nSPS) is 26.9. The van der Waals surface area contributed by atoms with Crippen molar-refractivity contribution in [2.75, 3.05) is 12.8 Å². The molecule has 108 valence electrons. The van der Waals surface area contributed by atoms with Gasteiger partial charge in [-0.25, -0.2) is 4.98 Å². The molecule has 1 heterocycles. The Morgan fingerprint density at radius 3 is 2.80 bits per heavy atom. The monoisotopic (exact) mass is 273 g/mol. The Bertz CT molecular complexity index is 619. The number of nitrogens with two attached hydrogens (primary N) is 1. The van der Waals surface area contributed by atoms with Crippen molar-refractivity contribution < 1.29 is 4.74 Å². The van der Waals surface area contributed by atoms with E-state index in [2.05, 4.69) is 29.5 Å². The predicted molar refractivity (Wildman–Crippen MR) is 81.9 cm³/mol. The van der Waals surface area contributed by atoms with Crippen LogP contribution in [0.15, 0.2) is 18.2 Å². The summed E-state index contributed by atoms with van der Waals surface area (Å²) < 4.78 is 7.49. The lowest BCUT2D eigenvalue weighted by atomic mass is 9.79. The standard InChI is InChI=1S/C16H23N3O/c1-10-4-6-14(11(2)8-10)19-15-7-5-12(20-3)9-13(15)18-16(19)17/h5,7,9-11,14H,4,6,8H2,1-3H3,(H2,17,18). The zero-order valence-corrected chi connectivity index (χ0v) is 12.5. The van der Waals surface area contributed by atoms with Crippen LogP contribution < -0.4 is 10.5 Å². The van der Waals surface area contributed by atoms with Crippen LogP contribution in [0.25, 0.3) is 11.0 Å². The summed E-state index contributed by atoms with van der Waals surface area (Å²) in [4.78, 5) is 4.51. The first-order valence-corrected chi connectivity index (χ1v) is 7.41. The molecule has 0 amide bonds. The van der Waals surface area contributed by atoms with Crippen LogP contribution in [0.3, 0.4) is 0 Å². The number of anilines is 1. The maximum absolute atomic E-state index is 6.18. The van der Waals surface area contributed by atoms with E-state index in [9.17, 15) is 0 Å². The van der Waals surface area contributed by atoms with Crippen molar-refractivity contribution in [2.45, 2.75) is 39.2 Å². The summed E-state index contributed by atoms with van der Waals surface area (Å²) in [5, 5.41) is 0. The average Bonchev–Trinajstić information content (AvgIpc) is 2.74. The highest BCUT2D eigenvalue weighted by atomic mass is 16.5. The first kappa shape index (κ1) is 13.3. The first-order chi connectivity index (χ1) is 9.60. The first-order valence-electron chi connectivity index (χ1n) is 7.41. The van der Waals surface area contributed by atoms with E-state index < -0.39 is 0 Å². The molecule has 1 fully saturated rings. The summed E-state index contributed by atoms with van der Waals surface area (Å²) >= 11 is 0. The van der Waals surface area contributed by atoms with Gasteiger partial charge in [0.25, 0.3) is 0 Å². The molecule has 20 heavy (non-hydrogen) atoms. The van der Waals surface area contributed by atoms with Gasteiger partial charge in [-0.15, -0.1) is 0 Å². The molecule has 0 radical (unpaired) electrons. The maximum Gasteiger partial charge on any atom is 0.201 e. The molecule has 3 rings (SSSR count). The highest BCUT2D eigenvalue weighted by Gasteiger charge is 2.29. The Kier molecular flexibility index (Phi) is 3.32. The number of rotatable bonds is 2. The molecular weight excluding hydrogens is 250 g/mol. The van der Waals surface area contributed by atoms with E-state index in [-0.39, 0.29) is 0 Å². The van der Waals surface area contributed by atoms with Crippen LogP contribution in [0.4, 0.5) is 5.95 Å². The lowest BCUT2D eigenvalue weighted by Crippen LogP contribution is -2.25. The van der Waals surface area contributed by atoms with Gasteiger partial charge in [0.15, 0.2) is 0 Å². The molecule has 1 aliphatic rings. The van der Waals surface area contributed by atoms with Gasteiger partial charge in [-0.3, -0.25) is 0 Å². The van der Waals surface area contributed by atoms with Crippen LogP contribution in [0, 0.1) is 11.8 Å². The fraction of sp³-hybridized carbons (Fsp3) is 0.562. The third-order valence-corrected chi connectivity index (χ3v) is 4.64. The van der Waals surface area contributed by atoms with E-state index in [1.54, 1.807) is 7.11 Å². The molecule has 3 atom stereocenters. The molecule has 0 aliphatic heterocycles. The zero-order valence-electron chi connectivity index (χ0n) is 12.5. The van der Waals surface area contributed by atoms with Gasteiger partial charge in [-0.05, 0) is 43.2 Å². The smallest absolute Gasteiger partial charge is 0.201 e. The Balaban J connectivity index is 2.04. The van der Waals surface area contributed by atoms with Crippen LogP contribution >= 0.6 is 0 Å². The summed E-state index contributed by atoms with van der Waals surface area (Å²) in [5.74, 6) is 2.91. The van der Waals surface area contributed by atoms with Gasteiger partial charge >= 0.3 is 0 Å². The Hall–Kier alpha value is -1.71. The number of methoxy groups -OCH3 is 1. The fourth-order valence-electron chi connectivity index (χ4n) is 3.61. The van der Waals surface area contributed by atoms with E-state index in [4.69, 9.17) is 10.5 Å². The molecule has 1 aromatic carbocycles. The van der Waals surface area contributed by atoms with Crippen LogP contribution in [0.1, 0.15) is 39.2 Å². The van der Waals surface area contributed by atoms with Gasteiger partial charge in [0.05, 0.1) is 18.1 Å². The second-order valence-corrected chi connectivity index (χ2v) is 6.16. The molecule has 2 aromatic rings. The minimum absolute atomic E-state index is 0.463. The summed E-state index contributed by atoms with van der Waals surface area (Å²) in [6.45, 7) is 4.67. The molecule has 1 aliphatic carbocycles. The van der Waals surface area contributed by atoms with Crippen LogP contribution in [0.2, 0.25) is 0 Å². The van der Waals surface area contributed by atoms with E-state index in [0.29, 0.717) is 17.9 Å². The second-order valence-electron chi connectivity index (χ2n) is 6.16. The predicted octanol–water partition coefficient (Wildman–Crippen LogP) is 3.62. The Labute approximate surface area is 119 Å². The highest BCUT2D eigenvalue weighted by Crippen LogP contribution is 2.40.